The van der Waals surface area contributed by atoms with Crippen LogP contribution in [0.1, 0.15) is 34.1 Å². The third-order valence-electron chi connectivity index (χ3n) is 4.91. The number of primary amides is 1. The topological polar surface area (TPSA) is 123 Å². The maximum absolute atomic E-state index is 12.5. The van der Waals surface area contributed by atoms with E-state index >= 15 is 0 Å². The predicted octanol–water partition coefficient (Wildman–Crippen LogP) is 3.05. The first-order chi connectivity index (χ1) is 14.5. The number of benzene rings is 1. The number of thiophene rings is 1. The molecule has 8 nitrogen and oxygen atoms in total. The number of aromatic hydroxyl groups is 1. The average Bonchev–Trinajstić information content (AvgIpc) is 3.40. The third kappa shape index (κ3) is 3.92. The van der Waals surface area contributed by atoms with E-state index in [1.807, 2.05) is 11.5 Å². The Kier molecular flexibility index (Phi) is 5.78. The number of rotatable bonds is 7. The lowest BCUT2D eigenvalue weighted by molar-refractivity contribution is -0.113. The van der Waals surface area contributed by atoms with Crippen LogP contribution >= 0.6 is 23.1 Å². The molecule has 1 aromatic carbocycles. The minimum Gasteiger partial charge on any atom is -0.508 e. The van der Waals surface area contributed by atoms with Crippen LogP contribution in [0.25, 0.3) is 11.4 Å². The van der Waals surface area contributed by atoms with E-state index in [2.05, 4.69) is 15.5 Å². The molecule has 4 N–H and O–H groups in total. The van der Waals surface area contributed by atoms with Gasteiger partial charge in [-0.05, 0) is 56.0 Å². The summed E-state index contributed by atoms with van der Waals surface area (Å²) in [5, 5.41) is 21.9. The summed E-state index contributed by atoms with van der Waals surface area (Å²) in [4.78, 5) is 25.6. The van der Waals surface area contributed by atoms with Gasteiger partial charge >= 0.3 is 0 Å². The molecule has 2 heterocycles. The van der Waals surface area contributed by atoms with Gasteiger partial charge in [0.15, 0.2) is 11.0 Å². The lowest BCUT2D eigenvalue weighted by Gasteiger charge is -2.08. The summed E-state index contributed by atoms with van der Waals surface area (Å²) in [7, 11) is 0. The van der Waals surface area contributed by atoms with Crippen LogP contribution in [0.4, 0.5) is 5.00 Å². The summed E-state index contributed by atoms with van der Waals surface area (Å²) < 4.78 is 1.92. The number of aromatic nitrogens is 3. The van der Waals surface area contributed by atoms with Crippen LogP contribution in [0, 0.1) is 0 Å². The van der Waals surface area contributed by atoms with Crippen molar-refractivity contribution in [1.29, 1.82) is 0 Å². The van der Waals surface area contributed by atoms with E-state index in [-0.39, 0.29) is 17.4 Å². The Morgan fingerprint density at radius 1 is 1.27 bits per heavy atom. The fraction of sp³-hybridized carbons (Fsp3) is 0.300. The zero-order chi connectivity index (χ0) is 21.3. The highest BCUT2D eigenvalue weighted by Gasteiger charge is 2.26. The van der Waals surface area contributed by atoms with E-state index in [9.17, 15) is 14.7 Å². The molecule has 0 saturated heterocycles. The number of anilines is 1. The molecule has 2 amide bonds. The van der Waals surface area contributed by atoms with Crippen molar-refractivity contribution >= 4 is 39.9 Å². The number of thioether (sulfide) groups is 1. The SMILES string of the molecule is CCn1c(SCC(=O)Nc2sc3c(c2C(N)=O)CCC3)nnc1-c1ccc(O)cc1. The number of nitrogens with two attached hydrogens (primary N) is 1. The van der Waals surface area contributed by atoms with E-state index in [4.69, 9.17) is 5.73 Å². The first kappa shape index (κ1) is 20.4. The number of amides is 2. The normalized spacial score (nSPS) is 12.7. The van der Waals surface area contributed by atoms with Gasteiger partial charge in [-0.25, -0.2) is 0 Å². The Balaban J connectivity index is 1.46. The van der Waals surface area contributed by atoms with Gasteiger partial charge in [-0.1, -0.05) is 11.8 Å². The van der Waals surface area contributed by atoms with Crippen molar-refractivity contribution < 1.29 is 14.7 Å². The fourth-order valence-electron chi connectivity index (χ4n) is 3.55. The number of phenols is 1. The molecule has 30 heavy (non-hydrogen) atoms. The van der Waals surface area contributed by atoms with Gasteiger partial charge in [-0.15, -0.1) is 21.5 Å². The first-order valence-electron chi connectivity index (χ1n) is 9.57. The molecule has 0 unspecified atom stereocenters. The number of aryl methyl sites for hydroxylation is 1. The van der Waals surface area contributed by atoms with E-state index < -0.39 is 5.91 Å². The number of phenolic OH excluding ortho intramolecular Hbond substituents is 1. The van der Waals surface area contributed by atoms with Gasteiger partial charge in [0.25, 0.3) is 5.91 Å². The van der Waals surface area contributed by atoms with Crippen LogP contribution in [0.3, 0.4) is 0 Å². The molecule has 0 saturated carbocycles. The van der Waals surface area contributed by atoms with E-state index in [0.717, 1.165) is 35.3 Å². The molecule has 10 heteroatoms. The summed E-state index contributed by atoms with van der Waals surface area (Å²) in [6, 6.07) is 6.74. The van der Waals surface area contributed by atoms with Crippen LogP contribution < -0.4 is 11.1 Å². The predicted molar refractivity (Wildman–Crippen MR) is 117 cm³/mol. The lowest BCUT2D eigenvalue weighted by Crippen LogP contribution is -2.19. The molecule has 0 bridgehead atoms. The summed E-state index contributed by atoms with van der Waals surface area (Å²) in [6.07, 6.45) is 2.76. The summed E-state index contributed by atoms with van der Waals surface area (Å²) in [5.41, 5.74) is 7.82. The quantitative estimate of drug-likeness (QED) is 0.482. The first-order valence-corrected chi connectivity index (χ1v) is 11.4. The zero-order valence-electron chi connectivity index (χ0n) is 16.3. The van der Waals surface area contributed by atoms with Crippen molar-refractivity contribution in [1.82, 2.24) is 14.8 Å². The maximum atomic E-state index is 12.5. The van der Waals surface area contributed by atoms with Gasteiger partial charge in [-0.2, -0.15) is 0 Å². The molecular formula is C20H21N5O3S2. The van der Waals surface area contributed by atoms with Gasteiger partial charge < -0.3 is 20.7 Å². The van der Waals surface area contributed by atoms with Crippen LogP contribution in [0.15, 0.2) is 29.4 Å². The summed E-state index contributed by atoms with van der Waals surface area (Å²) in [6.45, 7) is 2.61. The minimum atomic E-state index is -0.499. The molecule has 0 aliphatic heterocycles. The maximum Gasteiger partial charge on any atom is 0.251 e. The second-order valence-electron chi connectivity index (χ2n) is 6.86. The van der Waals surface area contributed by atoms with Crippen molar-refractivity contribution in [3.63, 3.8) is 0 Å². The summed E-state index contributed by atoms with van der Waals surface area (Å²) >= 11 is 2.72. The average molecular weight is 444 g/mol. The van der Waals surface area contributed by atoms with Crippen molar-refractivity contribution in [3.8, 4) is 17.1 Å². The Morgan fingerprint density at radius 3 is 2.73 bits per heavy atom. The Labute approximate surface area is 181 Å². The van der Waals surface area contributed by atoms with Gasteiger partial charge in [0, 0.05) is 17.0 Å². The second-order valence-corrected chi connectivity index (χ2v) is 8.91. The number of nitrogens with zero attached hydrogens (tertiary/aromatic N) is 3. The van der Waals surface area contributed by atoms with Crippen molar-refractivity contribution in [3.05, 3.63) is 40.3 Å². The molecule has 0 fully saturated rings. The van der Waals surface area contributed by atoms with Gasteiger partial charge in [-0.3, -0.25) is 9.59 Å². The molecular weight excluding hydrogens is 422 g/mol. The largest absolute Gasteiger partial charge is 0.508 e. The van der Waals surface area contributed by atoms with Crippen molar-refractivity contribution in [2.45, 2.75) is 37.9 Å². The Morgan fingerprint density at radius 2 is 2.03 bits per heavy atom. The summed E-state index contributed by atoms with van der Waals surface area (Å²) in [5.74, 6) is 0.267. The molecule has 1 aliphatic carbocycles. The number of nitrogens with one attached hydrogen (secondary N) is 1. The third-order valence-corrected chi connectivity index (χ3v) is 7.09. The molecule has 2 aromatic heterocycles. The standard InChI is InChI=1S/C20H21N5O3S2/c1-2-25-18(11-6-8-12(26)9-7-11)23-24-20(25)29-10-15(27)22-19-16(17(21)28)13-4-3-5-14(13)30-19/h6-9,26H,2-5,10H2,1H3,(H2,21,28)(H,22,27). The van der Waals surface area contributed by atoms with E-state index in [1.54, 1.807) is 24.3 Å². The van der Waals surface area contributed by atoms with Gasteiger partial charge in [0.1, 0.15) is 10.8 Å². The number of carbonyl (C=O) groups excluding carboxylic acids is 2. The Bertz CT molecular complexity index is 1100. The highest BCUT2D eigenvalue weighted by atomic mass is 32.2. The number of hydrogen-bond donors (Lipinski definition) is 3. The molecule has 156 valence electrons. The van der Waals surface area contributed by atoms with E-state index in [0.29, 0.717) is 28.1 Å². The van der Waals surface area contributed by atoms with Crippen LogP contribution in [-0.4, -0.2) is 37.4 Å². The molecule has 1 aliphatic rings. The minimum absolute atomic E-state index is 0.133. The van der Waals surface area contributed by atoms with Crippen molar-refractivity contribution in [2.24, 2.45) is 5.73 Å². The Hall–Kier alpha value is -2.85. The molecule has 0 radical (unpaired) electrons. The number of carbonyl (C=O) groups is 2. The molecule has 3 aromatic rings. The highest BCUT2D eigenvalue weighted by Crippen LogP contribution is 2.39. The molecule has 0 atom stereocenters. The monoisotopic (exact) mass is 443 g/mol. The lowest BCUT2D eigenvalue weighted by atomic mass is 10.1. The number of fused-ring (bicyclic) bond motifs is 1. The van der Waals surface area contributed by atoms with E-state index in [1.165, 1.54) is 23.1 Å². The molecule has 0 spiro atoms. The van der Waals surface area contributed by atoms with Crippen LogP contribution in [-0.2, 0) is 24.2 Å². The van der Waals surface area contributed by atoms with Gasteiger partial charge in [0.05, 0.1) is 11.3 Å². The number of hydrogen-bond acceptors (Lipinski definition) is 7. The second kappa shape index (κ2) is 8.49. The van der Waals surface area contributed by atoms with Crippen LogP contribution in [0.5, 0.6) is 5.75 Å². The van der Waals surface area contributed by atoms with Gasteiger partial charge in [0.2, 0.25) is 5.91 Å². The zero-order valence-corrected chi connectivity index (χ0v) is 18.0. The van der Waals surface area contributed by atoms with Crippen LogP contribution in [0.2, 0.25) is 0 Å². The smallest absolute Gasteiger partial charge is 0.251 e. The fourth-order valence-corrected chi connectivity index (χ4v) is 5.66. The van der Waals surface area contributed by atoms with Crippen molar-refractivity contribution in [2.75, 3.05) is 11.1 Å². The molecule has 4 rings (SSSR count). The highest BCUT2D eigenvalue weighted by molar-refractivity contribution is 7.99.